The Hall–Kier alpha value is -0.610. The Kier molecular flexibility index (Phi) is 5.40. The Morgan fingerprint density at radius 3 is 2.71 bits per heavy atom. The molecule has 0 aromatic rings. The maximum Gasteiger partial charge on any atom is 0.326 e. The van der Waals surface area contributed by atoms with Gasteiger partial charge in [0.05, 0.1) is 13.2 Å². The first-order valence-electron chi connectivity index (χ1n) is 6.40. The standard InChI is InChI=1S/C13H25NO3/c1-10(2)9-14-13(12(15)17-4)7-5-6-11(8-13)16-3/h10-11,14H,5-9H2,1-4H3. The van der Waals surface area contributed by atoms with E-state index in [1.165, 1.54) is 7.11 Å². The number of methoxy groups -OCH3 is 2. The summed E-state index contributed by atoms with van der Waals surface area (Å²) in [4.78, 5) is 12.0. The van der Waals surface area contributed by atoms with Gasteiger partial charge in [0, 0.05) is 13.5 Å². The van der Waals surface area contributed by atoms with Gasteiger partial charge in [0.15, 0.2) is 0 Å². The zero-order valence-corrected chi connectivity index (χ0v) is 11.4. The first-order valence-corrected chi connectivity index (χ1v) is 6.40. The predicted molar refractivity (Wildman–Crippen MR) is 66.9 cm³/mol. The highest BCUT2D eigenvalue weighted by Crippen LogP contribution is 2.31. The van der Waals surface area contributed by atoms with Gasteiger partial charge in [-0.05, 0) is 31.7 Å². The summed E-state index contributed by atoms with van der Waals surface area (Å²) in [5.74, 6) is 0.361. The lowest BCUT2D eigenvalue weighted by molar-refractivity contribution is -0.152. The summed E-state index contributed by atoms with van der Waals surface area (Å²) in [6, 6.07) is 0. The lowest BCUT2D eigenvalue weighted by Gasteiger charge is -2.39. The Balaban J connectivity index is 2.74. The summed E-state index contributed by atoms with van der Waals surface area (Å²) >= 11 is 0. The Morgan fingerprint density at radius 1 is 1.47 bits per heavy atom. The molecule has 0 heterocycles. The van der Waals surface area contributed by atoms with Crippen LogP contribution in [0.1, 0.15) is 39.5 Å². The van der Waals surface area contributed by atoms with Crippen LogP contribution >= 0.6 is 0 Å². The molecule has 0 bridgehead atoms. The molecule has 17 heavy (non-hydrogen) atoms. The van der Waals surface area contributed by atoms with Crippen molar-refractivity contribution in [2.75, 3.05) is 20.8 Å². The van der Waals surface area contributed by atoms with E-state index in [1.54, 1.807) is 7.11 Å². The Labute approximate surface area is 104 Å². The summed E-state index contributed by atoms with van der Waals surface area (Å²) in [7, 11) is 3.16. The van der Waals surface area contributed by atoms with Crippen LogP contribution in [0.3, 0.4) is 0 Å². The molecule has 100 valence electrons. The number of rotatable bonds is 5. The smallest absolute Gasteiger partial charge is 0.326 e. The van der Waals surface area contributed by atoms with Crippen LogP contribution in [-0.4, -0.2) is 38.4 Å². The van der Waals surface area contributed by atoms with Crippen molar-refractivity contribution in [1.29, 1.82) is 0 Å². The monoisotopic (exact) mass is 243 g/mol. The van der Waals surface area contributed by atoms with Crippen molar-refractivity contribution in [2.45, 2.75) is 51.2 Å². The van der Waals surface area contributed by atoms with Crippen molar-refractivity contribution < 1.29 is 14.3 Å². The van der Waals surface area contributed by atoms with Gasteiger partial charge < -0.3 is 14.8 Å². The molecule has 1 fully saturated rings. The summed E-state index contributed by atoms with van der Waals surface area (Å²) < 4.78 is 10.4. The van der Waals surface area contributed by atoms with E-state index in [0.29, 0.717) is 12.3 Å². The minimum absolute atomic E-state index is 0.153. The molecule has 1 aliphatic carbocycles. The number of ether oxygens (including phenoxy) is 2. The minimum Gasteiger partial charge on any atom is -0.468 e. The lowest BCUT2D eigenvalue weighted by atomic mass is 9.79. The molecule has 0 aliphatic heterocycles. The van der Waals surface area contributed by atoms with Crippen LogP contribution < -0.4 is 5.32 Å². The van der Waals surface area contributed by atoms with Gasteiger partial charge in [-0.25, -0.2) is 0 Å². The molecule has 0 saturated heterocycles. The number of esters is 1. The van der Waals surface area contributed by atoms with Gasteiger partial charge in [-0.1, -0.05) is 13.8 Å². The molecule has 4 nitrogen and oxygen atoms in total. The maximum atomic E-state index is 12.0. The fourth-order valence-corrected chi connectivity index (χ4v) is 2.44. The summed E-state index contributed by atoms with van der Waals surface area (Å²) in [5.41, 5.74) is -0.544. The second-order valence-electron chi connectivity index (χ2n) is 5.30. The van der Waals surface area contributed by atoms with E-state index >= 15 is 0 Å². The van der Waals surface area contributed by atoms with E-state index in [4.69, 9.17) is 9.47 Å². The van der Waals surface area contributed by atoms with Crippen LogP contribution in [0.5, 0.6) is 0 Å². The van der Waals surface area contributed by atoms with Crippen molar-refractivity contribution in [3.63, 3.8) is 0 Å². The molecule has 0 aromatic carbocycles. The van der Waals surface area contributed by atoms with Crippen LogP contribution in [-0.2, 0) is 14.3 Å². The van der Waals surface area contributed by atoms with Gasteiger partial charge >= 0.3 is 5.97 Å². The average Bonchev–Trinajstić information content (AvgIpc) is 2.35. The van der Waals surface area contributed by atoms with Gasteiger partial charge in [-0.15, -0.1) is 0 Å². The quantitative estimate of drug-likeness (QED) is 0.747. The van der Waals surface area contributed by atoms with Gasteiger partial charge in [0.25, 0.3) is 0 Å². The van der Waals surface area contributed by atoms with Crippen LogP contribution in [0.4, 0.5) is 0 Å². The van der Waals surface area contributed by atoms with Crippen molar-refractivity contribution in [3.05, 3.63) is 0 Å². The SMILES string of the molecule is COC(=O)C1(NCC(C)C)CCCC(OC)C1. The third-order valence-electron chi connectivity index (χ3n) is 3.46. The molecule has 0 aromatic heterocycles. The van der Waals surface area contributed by atoms with Crippen LogP contribution in [0.25, 0.3) is 0 Å². The molecule has 1 aliphatic rings. The second-order valence-corrected chi connectivity index (χ2v) is 5.30. The van der Waals surface area contributed by atoms with Crippen LogP contribution in [0.2, 0.25) is 0 Å². The largest absolute Gasteiger partial charge is 0.468 e. The number of carbonyl (C=O) groups is 1. The molecule has 0 radical (unpaired) electrons. The van der Waals surface area contributed by atoms with Gasteiger partial charge in [-0.3, -0.25) is 4.79 Å². The van der Waals surface area contributed by atoms with E-state index in [-0.39, 0.29) is 12.1 Å². The molecule has 4 heteroatoms. The number of hydrogen-bond acceptors (Lipinski definition) is 4. The van der Waals surface area contributed by atoms with E-state index in [9.17, 15) is 4.79 Å². The van der Waals surface area contributed by atoms with E-state index < -0.39 is 5.54 Å². The first-order chi connectivity index (χ1) is 8.04. The molecular weight excluding hydrogens is 218 g/mol. The van der Waals surface area contributed by atoms with E-state index in [2.05, 4.69) is 19.2 Å². The average molecular weight is 243 g/mol. The van der Waals surface area contributed by atoms with Crippen molar-refractivity contribution in [1.82, 2.24) is 5.32 Å². The third-order valence-corrected chi connectivity index (χ3v) is 3.46. The summed E-state index contributed by atoms with van der Waals surface area (Å²) in [6.07, 6.45) is 3.73. The highest BCUT2D eigenvalue weighted by Gasteiger charge is 2.43. The van der Waals surface area contributed by atoms with Crippen molar-refractivity contribution in [2.24, 2.45) is 5.92 Å². The van der Waals surface area contributed by atoms with Gasteiger partial charge in [0.1, 0.15) is 5.54 Å². The van der Waals surface area contributed by atoms with E-state index in [0.717, 1.165) is 25.8 Å². The van der Waals surface area contributed by atoms with Gasteiger partial charge in [-0.2, -0.15) is 0 Å². The third kappa shape index (κ3) is 3.68. The fourth-order valence-electron chi connectivity index (χ4n) is 2.44. The second kappa shape index (κ2) is 6.36. The Morgan fingerprint density at radius 2 is 2.18 bits per heavy atom. The number of carbonyl (C=O) groups excluding carboxylic acids is 1. The molecule has 2 atom stereocenters. The molecule has 1 rings (SSSR count). The lowest BCUT2D eigenvalue weighted by Crippen LogP contribution is -2.57. The van der Waals surface area contributed by atoms with Gasteiger partial charge in [0.2, 0.25) is 0 Å². The number of nitrogens with one attached hydrogen (secondary N) is 1. The highest BCUT2D eigenvalue weighted by molar-refractivity contribution is 5.81. The molecule has 0 spiro atoms. The summed E-state index contributed by atoms with van der Waals surface area (Å²) in [6.45, 7) is 5.09. The zero-order valence-electron chi connectivity index (χ0n) is 11.4. The maximum absolute atomic E-state index is 12.0. The predicted octanol–water partition coefficient (Wildman–Crippen LogP) is 1.73. The molecule has 0 amide bonds. The topological polar surface area (TPSA) is 47.6 Å². The highest BCUT2D eigenvalue weighted by atomic mass is 16.5. The summed E-state index contributed by atoms with van der Waals surface area (Å²) in [5, 5.41) is 3.39. The number of hydrogen-bond donors (Lipinski definition) is 1. The Bertz CT molecular complexity index is 255. The molecule has 2 unspecified atom stereocenters. The fraction of sp³-hybridized carbons (Fsp3) is 0.923. The minimum atomic E-state index is -0.544. The normalized spacial score (nSPS) is 29.4. The molecular formula is C13H25NO3. The molecule has 1 saturated carbocycles. The molecule has 1 N–H and O–H groups in total. The van der Waals surface area contributed by atoms with Crippen LogP contribution in [0.15, 0.2) is 0 Å². The first kappa shape index (κ1) is 14.5. The van der Waals surface area contributed by atoms with Crippen LogP contribution in [0, 0.1) is 5.92 Å². The van der Waals surface area contributed by atoms with Crippen molar-refractivity contribution >= 4 is 5.97 Å². The zero-order chi connectivity index (χ0) is 12.9. The van der Waals surface area contributed by atoms with Crippen molar-refractivity contribution in [3.8, 4) is 0 Å². The van der Waals surface area contributed by atoms with E-state index in [1.807, 2.05) is 0 Å².